The van der Waals surface area contributed by atoms with E-state index in [4.69, 9.17) is 0 Å². The normalized spacial score (nSPS) is 25.3. The number of amides is 1. The molecule has 0 aromatic heterocycles. The summed E-state index contributed by atoms with van der Waals surface area (Å²) in [6, 6.07) is 9.22. The Labute approximate surface area is 106 Å². The Morgan fingerprint density at radius 1 is 1.39 bits per heavy atom. The minimum absolute atomic E-state index is 0.171. The van der Waals surface area contributed by atoms with Gasteiger partial charge in [-0.25, -0.2) is 0 Å². The number of hydrogen-bond acceptors (Lipinski definition) is 2. The quantitative estimate of drug-likeness (QED) is 0.851. The molecule has 1 aromatic rings. The number of rotatable bonds is 3. The summed E-state index contributed by atoms with van der Waals surface area (Å²) in [7, 11) is 0. The highest BCUT2D eigenvalue weighted by Gasteiger charge is 2.49. The molecule has 1 amide bonds. The fraction of sp³-hybridized carbons (Fsp3) is 0.429. The molecule has 1 aliphatic heterocycles. The van der Waals surface area contributed by atoms with Gasteiger partial charge in [-0.15, -0.1) is 0 Å². The molecule has 1 fully saturated rings. The minimum atomic E-state index is -0.939. The molecule has 96 valence electrons. The number of carboxylic acids is 1. The second kappa shape index (κ2) is 4.80. The van der Waals surface area contributed by atoms with E-state index in [1.807, 2.05) is 30.3 Å². The standard InChI is InChI=1S/C14H17NO3/c1-10(12(16)17)14(8-5-9-15-13(14)18)11-6-3-2-4-7-11/h2-4,6-7,10H,5,8-9H2,1H3,(H,15,18)(H,16,17). The van der Waals surface area contributed by atoms with Gasteiger partial charge >= 0.3 is 5.97 Å². The van der Waals surface area contributed by atoms with Gasteiger partial charge in [0.1, 0.15) is 0 Å². The van der Waals surface area contributed by atoms with Gasteiger partial charge in [-0.3, -0.25) is 9.59 Å². The van der Waals surface area contributed by atoms with E-state index in [0.717, 1.165) is 12.0 Å². The van der Waals surface area contributed by atoms with Gasteiger partial charge in [-0.2, -0.15) is 0 Å². The zero-order valence-electron chi connectivity index (χ0n) is 10.3. The maximum Gasteiger partial charge on any atom is 0.307 e. The average molecular weight is 247 g/mol. The van der Waals surface area contributed by atoms with Crippen LogP contribution in [0.1, 0.15) is 25.3 Å². The second-order valence-electron chi connectivity index (χ2n) is 4.76. The first-order valence-corrected chi connectivity index (χ1v) is 6.15. The SMILES string of the molecule is CC(C(=O)O)C1(c2ccccc2)CCCNC1=O. The smallest absolute Gasteiger partial charge is 0.307 e. The molecule has 2 unspecified atom stereocenters. The number of benzene rings is 1. The van der Waals surface area contributed by atoms with Crippen molar-refractivity contribution in [2.24, 2.45) is 5.92 Å². The van der Waals surface area contributed by atoms with Crippen LogP contribution in [0.3, 0.4) is 0 Å². The first kappa shape index (κ1) is 12.6. The molecular weight excluding hydrogens is 230 g/mol. The monoisotopic (exact) mass is 247 g/mol. The Balaban J connectivity index is 2.52. The van der Waals surface area contributed by atoms with Crippen molar-refractivity contribution in [3.63, 3.8) is 0 Å². The lowest BCUT2D eigenvalue weighted by atomic mass is 9.66. The molecule has 2 atom stereocenters. The van der Waals surface area contributed by atoms with E-state index >= 15 is 0 Å². The first-order chi connectivity index (χ1) is 8.59. The minimum Gasteiger partial charge on any atom is -0.481 e. The molecule has 1 aliphatic rings. The van der Waals surface area contributed by atoms with Crippen LogP contribution in [0.25, 0.3) is 0 Å². The Hall–Kier alpha value is -1.84. The number of nitrogens with one attached hydrogen (secondary N) is 1. The van der Waals surface area contributed by atoms with Crippen LogP contribution in [0.4, 0.5) is 0 Å². The maximum absolute atomic E-state index is 12.3. The van der Waals surface area contributed by atoms with Gasteiger partial charge in [0.2, 0.25) is 5.91 Å². The zero-order chi connectivity index (χ0) is 13.2. The highest BCUT2D eigenvalue weighted by molar-refractivity contribution is 5.93. The second-order valence-corrected chi connectivity index (χ2v) is 4.76. The molecule has 2 N–H and O–H groups in total. The van der Waals surface area contributed by atoms with E-state index in [0.29, 0.717) is 13.0 Å². The molecule has 1 saturated heterocycles. The lowest BCUT2D eigenvalue weighted by Crippen LogP contribution is -2.54. The highest BCUT2D eigenvalue weighted by Crippen LogP contribution is 2.39. The summed E-state index contributed by atoms with van der Waals surface area (Å²) in [6.07, 6.45) is 1.38. The van der Waals surface area contributed by atoms with E-state index in [1.54, 1.807) is 6.92 Å². The molecular formula is C14H17NO3. The van der Waals surface area contributed by atoms with Crippen molar-refractivity contribution in [2.75, 3.05) is 6.54 Å². The molecule has 0 saturated carbocycles. The van der Waals surface area contributed by atoms with E-state index in [-0.39, 0.29) is 5.91 Å². The molecule has 0 bridgehead atoms. The maximum atomic E-state index is 12.3. The number of hydrogen-bond donors (Lipinski definition) is 2. The third-order valence-electron chi connectivity index (χ3n) is 3.84. The van der Waals surface area contributed by atoms with Gasteiger partial charge < -0.3 is 10.4 Å². The zero-order valence-corrected chi connectivity index (χ0v) is 10.3. The summed E-state index contributed by atoms with van der Waals surface area (Å²) in [5.74, 6) is -1.84. The Bertz CT molecular complexity index is 457. The first-order valence-electron chi connectivity index (χ1n) is 6.15. The summed E-state index contributed by atoms with van der Waals surface area (Å²) >= 11 is 0. The van der Waals surface area contributed by atoms with Crippen LogP contribution in [-0.4, -0.2) is 23.5 Å². The summed E-state index contributed by atoms with van der Waals surface area (Å²) in [5, 5.41) is 12.1. The van der Waals surface area contributed by atoms with Crippen LogP contribution in [-0.2, 0) is 15.0 Å². The van der Waals surface area contributed by atoms with Crippen LogP contribution in [0.15, 0.2) is 30.3 Å². The highest BCUT2D eigenvalue weighted by atomic mass is 16.4. The fourth-order valence-corrected chi connectivity index (χ4v) is 2.73. The van der Waals surface area contributed by atoms with E-state index in [1.165, 1.54) is 0 Å². The molecule has 1 heterocycles. The third-order valence-corrected chi connectivity index (χ3v) is 3.84. The van der Waals surface area contributed by atoms with Crippen LogP contribution in [0, 0.1) is 5.92 Å². The molecule has 0 spiro atoms. The summed E-state index contributed by atoms with van der Waals surface area (Å²) < 4.78 is 0. The number of carbonyl (C=O) groups excluding carboxylic acids is 1. The molecule has 18 heavy (non-hydrogen) atoms. The Morgan fingerprint density at radius 2 is 2.06 bits per heavy atom. The summed E-state index contributed by atoms with van der Waals surface area (Å²) in [4.78, 5) is 23.6. The van der Waals surface area contributed by atoms with Crippen molar-refractivity contribution in [3.05, 3.63) is 35.9 Å². The lowest BCUT2D eigenvalue weighted by Gasteiger charge is -2.39. The van der Waals surface area contributed by atoms with Crippen LogP contribution in [0.5, 0.6) is 0 Å². The van der Waals surface area contributed by atoms with Crippen LogP contribution in [0.2, 0.25) is 0 Å². The number of carboxylic acid groups (broad SMARTS) is 1. The molecule has 4 heteroatoms. The van der Waals surface area contributed by atoms with E-state index < -0.39 is 17.3 Å². The summed E-state index contributed by atoms with van der Waals surface area (Å²) in [6.45, 7) is 2.24. The van der Waals surface area contributed by atoms with Gasteiger partial charge in [0, 0.05) is 6.54 Å². The fourth-order valence-electron chi connectivity index (χ4n) is 2.73. The Kier molecular flexibility index (Phi) is 3.36. The van der Waals surface area contributed by atoms with E-state index in [2.05, 4.69) is 5.32 Å². The van der Waals surface area contributed by atoms with Crippen molar-refractivity contribution in [1.82, 2.24) is 5.32 Å². The molecule has 0 radical (unpaired) electrons. The number of piperidine rings is 1. The molecule has 1 aromatic carbocycles. The average Bonchev–Trinajstić information content (AvgIpc) is 2.39. The van der Waals surface area contributed by atoms with E-state index in [9.17, 15) is 14.7 Å². The Morgan fingerprint density at radius 3 is 2.61 bits per heavy atom. The van der Waals surface area contributed by atoms with Crippen molar-refractivity contribution in [3.8, 4) is 0 Å². The number of carbonyl (C=O) groups is 2. The van der Waals surface area contributed by atoms with Gasteiger partial charge in [-0.05, 0) is 18.4 Å². The third kappa shape index (κ3) is 1.88. The molecule has 2 rings (SSSR count). The predicted molar refractivity (Wildman–Crippen MR) is 67.2 cm³/mol. The van der Waals surface area contributed by atoms with Crippen LogP contribution < -0.4 is 5.32 Å². The van der Waals surface area contributed by atoms with Crippen molar-refractivity contribution in [1.29, 1.82) is 0 Å². The van der Waals surface area contributed by atoms with Gasteiger partial charge in [-0.1, -0.05) is 37.3 Å². The van der Waals surface area contributed by atoms with Crippen molar-refractivity contribution in [2.45, 2.75) is 25.2 Å². The van der Waals surface area contributed by atoms with Crippen molar-refractivity contribution >= 4 is 11.9 Å². The molecule has 0 aliphatic carbocycles. The summed E-state index contributed by atoms with van der Waals surface area (Å²) in [5.41, 5.74) is -0.150. The van der Waals surface area contributed by atoms with Crippen LogP contribution >= 0.6 is 0 Å². The van der Waals surface area contributed by atoms with Gasteiger partial charge in [0.15, 0.2) is 0 Å². The lowest BCUT2D eigenvalue weighted by molar-refractivity contribution is -0.149. The topological polar surface area (TPSA) is 66.4 Å². The van der Waals surface area contributed by atoms with Gasteiger partial charge in [0.05, 0.1) is 11.3 Å². The van der Waals surface area contributed by atoms with Gasteiger partial charge in [0.25, 0.3) is 0 Å². The predicted octanol–water partition coefficient (Wildman–Crippen LogP) is 1.56. The molecule has 4 nitrogen and oxygen atoms in total. The van der Waals surface area contributed by atoms with Crippen molar-refractivity contribution < 1.29 is 14.7 Å². The number of aliphatic carboxylic acids is 1. The largest absolute Gasteiger partial charge is 0.481 e.